The second-order valence-electron chi connectivity index (χ2n) is 5.50. The predicted octanol–water partition coefficient (Wildman–Crippen LogP) is 3.59. The molecule has 1 heterocycles. The van der Waals surface area contributed by atoms with Gasteiger partial charge in [-0.15, -0.1) is 0 Å². The number of rotatable bonds is 6. The van der Waals surface area contributed by atoms with Crippen molar-refractivity contribution in [2.24, 2.45) is 0 Å². The molecule has 1 saturated heterocycles. The SMILES string of the molecule is CC(CCc1ccc(O)cc1)NCC1CCCCS1. The van der Waals surface area contributed by atoms with Crippen molar-refractivity contribution in [3.05, 3.63) is 29.8 Å². The van der Waals surface area contributed by atoms with E-state index in [1.54, 1.807) is 12.1 Å². The first kappa shape index (κ1) is 14.7. The summed E-state index contributed by atoms with van der Waals surface area (Å²) in [5.74, 6) is 1.69. The highest BCUT2D eigenvalue weighted by Gasteiger charge is 2.14. The summed E-state index contributed by atoms with van der Waals surface area (Å²) in [5.41, 5.74) is 1.30. The smallest absolute Gasteiger partial charge is 0.115 e. The van der Waals surface area contributed by atoms with Crippen LogP contribution in [0.4, 0.5) is 0 Å². The van der Waals surface area contributed by atoms with Crippen LogP contribution < -0.4 is 5.32 Å². The van der Waals surface area contributed by atoms with Crippen molar-refractivity contribution in [1.82, 2.24) is 5.32 Å². The summed E-state index contributed by atoms with van der Waals surface area (Å²) in [5, 5.41) is 13.7. The van der Waals surface area contributed by atoms with E-state index >= 15 is 0 Å². The Kier molecular flexibility index (Phi) is 6.05. The van der Waals surface area contributed by atoms with Crippen molar-refractivity contribution < 1.29 is 5.11 Å². The van der Waals surface area contributed by atoms with Gasteiger partial charge in [0.25, 0.3) is 0 Å². The maximum Gasteiger partial charge on any atom is 0.115 e. The quantitative estimate of drug-likeness (QED) is 0.834. The van der Waals surface area contributed by atoms with E-state index in [0.29, 0.717) is 11.8 Å². The molecular formula is C16H25NOS. The number of phenolic OH excluding ortho intramolecular Hbond substituents is 1. The van der Waals surface area contributed by atoms with Gasteiger partial charge in [-0.2, -0.15) is 11.8 Å². The second-order valence-corrected chi connectivity index (χ2v) is 6.91. The lowest BCUT2D eigenvalue weighted by atomic mass is 10.1. The molecule has 19 heavy (non-hydrogen) atoms. The molecule has 0 saturated carbocycles. The average Bonchev–Trinajstić information content (AvgIpc) is 2.45. The molecule has 1 aliphatic heterocycles. The molecule has 2 atom stereocenters. The highest BCUT2D eigenvalue weighted by molar-refractivity contribution is 7.99. The summed E-state index contributed by atoms with van der Waals surface area (Å²) >= 11 is 2.13. The maximum absolute atomic E-state index is 9.25. The second kappa shape index (κ2) is 7.81. The number of phenols is 1. The fraction of sp³-hybridized carbons (Fsp3) is 0.625. The first-order valence-electron chi connectivity index (χ1n) is 7.37. The van der Waals surface area contributed by atoms with Crippen LogP contribution in [0.2, 0.25) is 0 Å². The van der Waals surface area contributed by atoms with Gasteiger partial charge < -0.3 is 10.4 Å². The van der Waals surface area contributed by atoms with E-state index in [1.807, 2.05) is 12.1 Å². The molecule has 1 fully saturated rings. The zero-order valence-electron chi connectivity index (χ0n) is 11.8. The third-order valence-electron chi connectivity index (χ3n) is 3.77. The Morgan fingerprint density at radius 2 is 2.11 bits per heavy atom. The summed E-state index contributed by atoms with van der Waals surface area (Å²) in [6.45, 7) is 3.43. The molecule has 2 nitrogen and oxygen atoms in total. The zero-order chi connectivity index (χ0) is 13.5. The lowest BCUT2D eigenvalue weighted by molar-refractivity contribution is 0.474. The van der Waals surface area contributed by atoms with Crippen LogP contribution >= 0.6 is 11.8 Å². The third-order valence-corrected chi connectivity index (χ3v) is 5.17. The number of benzene rings is 1. The van der Waals surface area contributed by atoms with Crippen LogP contribution in [0.25, 0.3) is 0 Å². The van der Waals surface area contributed by atoms with Gasteiger partial charge in [-0.1, -0.05) is 18.6 Å². The molecule has 3 heteroatoms. The van der Waals surface area contributed by atoms with Gasteiger partial charge in [0.05, 0.1) is 0 Å². The predicted molar refractivity (Wildman–Crippen MR) is 84.0 cm³/mol. The maximum atomic E-state index is 9.25. The number of aromatic hydroxyl groups is 1. The Bertz CT molecular complexity index is 360. The lowest BCUT2D eigenvalue weighted by Gasteiger charge is -2.23. The first-order chi connectivity index (χ1) is 9.24. The van der Waals surface area contributed by atoms with Gasteiger partial charge in [0.2, 0.25) is 0 Å². The minimum Gasteiger partial charge on any atom is -0.508 e. The van der Waals surface area contributed by atoms with E-state index < -0.39 is 0 Å². The molecule has 0 bridgehead atoms. The normalized spacial score (nSPS) is 21.2. The van der Waals surface area contributed by atoms with Crippen molar-refractivity contribution in [1.29, 1.82) is 0 Å². The summed E-state index contributed by atoms with van der Waals surface area (Å²) < 4.78 is 0. The molecule has 1 aromatic carbocycles. The lowest BCUT2D eigenvalue weighted by Crippen LogP contribution is -2.33. The molecule has 0 radical (unpaired) electrons. The topological polar surface area (TPSA) is 32.3 Å². The zero-order valence-corrected chi connectivity index (χ0v) is 12.6. The van der Waals surface area contributed by atoms with Gasteiger partial charge in [0, 0.05) is 17.8 Å². The fourth-order valence-corrected chi connectivity index (χ4v) is 3.70. The molecule has 1 aliphatic rings. The Hall–Kier alpha value is -0.670. The van der Waals surface area contributed by atoms with Gasteiger partial charge in [-0.25, -0.2) is 0 Å². The minimum atomic E-state index is 0.351. The van der Waals surface area contributed by atoms with Crippen molar-refractivity contribution in [3.63, 3.8) is 0 Å². The van der Waals surface area contributed by atoms with Gasteiger partial charge in [-0.05, 0) is 56.1 Å². The molecule has 2 rings (SSSR count). The van der Waals surface area contributed by atoms with Crippen LogP contribution in [-0.2, 0) is 6.42 Å². The number of hydrogen-bond acceptors (Lipinski definition) is 3. The van der Waals surface area contributed by atoms with E-state index in [0.717, 1.165) is 24.6 Å². The molecular weight excluding hydrogens is 254 g/mol. The third kappa shape index (κ3) is 5.45. The molecule has 2 unspecified atom stereocenters. The van der Waals surface area contributed by atoms with E-state index in [4.69, 9.17) is 0 Å². The standard InChI is InChI=1S/C16H25NOS/c1-13(17-12-16-4-2-3-11-19-16)5-6-14-7-9-15(18)10-8-14/h7-10,13,16-18H,2-6,11-12H2,1H3. The number of aryl methyl sites for hydroxylation is 1. The van der Waals surface area contributed by atoms with Gasteiger partial charge >= 0.3 is 0 Å². The molecule has 0 amide bonds. The molecule has 2 N–H and O–H groups in total. The van der Waals surface area contributed by atoms with Crippen molar-refractivity contribution in [3.8, 4) is 5.75 Å². The molecule has 0 spiro atoms. The van der Waals surface area contributed by atoms with Crippen LogP contribution in [0, 0.1) is 0 Å². The van der Waals surface area contributed by atoms with Crippen LogP contribution in [0.5, 0.6) is 5.75 Å². The number of hydrogen-bond donors (Lipinski definition) is 2. The largest absolute Gasteiger partial charge is 0.508 e. The Balaban J connectivity index is 1.63. The van der Waals surface area contributed by atoms with Gasteiger partial charge in [-0.3, -0.25) is 0 Å². The van der Waals surface area contributed by atoms with E-state index in [-0.39, 0.29) is 0 Å². The van der Waals surface area contributed by atoms with Crippen molar-refractivity contribution >= 4 is 11.8 Å². The summed E-state index contributed by atoms with van der Waals surface area (Å²) in [6, 6.07) is 8.13. The van der Waals surface area contributed by atoms with Gasteiger partial charge in [0.1, 0.15) is 5.75 Å². The Morgan fingerprint density at radius 1 is 1.32 bits per heavy atom. The van der Waals surface area contributed by atoms with Gasteiger partial charge in [0.15, 0.2) is 0 Å². The highest BCUT2D eigenvalue weighted by Crippen LogP contribution is 2.24. The fourth-order valence-electron chi connectivity index (χ4n) is 2.45. The monoisotopic (exact) mass is 279 g/mol. The van der Waals surface area contributed by atoms with Crippen molar-refractivity contribution in [2.75, 3.05) is 12.3 Å². The number of thioether (sulfide) groups is 1. The molecule has 1 aromatic rings. The average molecular weight is 279 g/mol. The molecule has 0 aromatic heterocycles. The van der Waals surface area contributed by atoms with E-state index in [9.17, 15) is 5.11 Å². The minimum absolute atomic E-state index is 0.351. The summed E-state index contributed by atoms with van der Waals surface area (Å²) in [6.07, 6.45) is 6.41. The molecule has 0 aliphatic carbocycles. The van der Waals surface area contributed by atoms with E-state index in [1.165, 1.54) is 30.6 Å². The first-order valence-corrected chi connectivity index (χ1v) is 8.42. The van der Waals surface area contributed by atoms with Crippen molar-refractivity contribution in [2.45, 2.75) is 50.3 Å². The van der Waals surface area contributed by atoms with Crippen LogP contribution in [0.3, 0.4) is 0 Å². The Labute approximate surface area is 121 Å². The van der Waals surface area contributed by atoms with Crippen LogP contribution in [-0.4, -0.2) is 28.7 Å². The van der Waals surface area contributed by atoms with Crippen LogP contribution in [0.1, 0.15) is 38.2 Å². The van der Waals surface area contributed by atoms with E-state index in [2.05, 4.69) is 24.0 Å². The summed E-state index contributed by atoms with van der Waals surface area (Å²) in [4.78, 5) is 0. The Morgan fingerprint density at radius 3 is 2.79 bits per heavy atom. The highest BCUT2D eigenvalue weighted by atomic mass is 32.2. The summed E-state index contributed by atoms with van der Waals surface area (Å²) in [7, 11) is 0. The molecule has 106 valence electrons. The number of nitrogens with one attached hydrogen (secondary N) is 1. The van der Waals surface area contributed by atoms with Crippen LogP contribution in [0.15, 0.2) is 24.3 Å².